The molecule has 4 heteroatoms. The SMILES string of the molecule is CCCCCCCCCCCCCC[C@@H]1OC[C@@H]2NC(=O)O[C@@H]21. The second kappa shape index (κ2) is 10.9. The number of rotatable bonds is 13. The number of alkyl carbamates (subject to hydrolysis) is 1. The highest BCUT2D eigenvalue weighted by Crippen LogP contribution is 2.26. The van der Waals surface area contributed by atoms with Crippen molar-refractivity contribution < 1.29 is 14.3 Å². The Bertz CT molecular complexity index is 335. The topological polar surface area (TPSA) is 47.6 Å². The molecule has 23 heavy (non-hydrogen) atoms. The molecule has 0 unspecified atom stereocenters. The van der Waals surface area contributed by atoms with Gasteiger partial charge in [0, 0.05) is 0 Å². The lowest BCUT2D eigenvalue weighted by atomic mass is 10.0. The minimum atomic E-state index is -0.275. The summed E-state index contributed by atoms with van der Waals surface area (Å²) in [6.45, 7) is 2.88. The van der Waals surface area contributed by atoms with E-state index < -0.39 is 0 Å². The summed E-state index contributed by atoms with van der Waals surface area (Å²) in [7, 11) is 0. The van der Waals surface area contributed by atoms with Crippen LogP contribution in [0.1, 0.15) is 90.4 Å². The molecule has 2 saturated heterocycles. The van der Waals surface area contributed by atoms with Crippen LogP contribution in [0.4, 0.5) is 4.79 Å². The normalized spacial score (nSPS) is 26.1. The van der Waals surface area contributed by atoms with E-state index in [1.54, 1.807) is 0 Å². The molecule has 0 saturated carbocycles. The van der Waals surface area contributed by atoms with E-state index >= 15 is 0 Å². The molecule has 2 aliphatic rings. The van der Waals surface area contributed by atoms with E-state index in [9.17, 15) is 4.79 Å². The fourth-order valence-electron chi connectivity index (χ4n) is 3.70. The Hall–Kier alpha value is -0.770. The predicted octanol–water partition coefficient (Wildman–Crippen LogP) is 4.95. The standard InChI is InChI=1S/C19H35NO3/c1-2-3-4-5-6-7-8-9-10-11-12-13-14-17-18-16(15-22-17)20-19(21)23-18/h16-18H,2-15H2,1H3,(H,20,21)/t16-,17-,18-/m0/s1. The third-order valence-corrected chi connectivity index (χ3v) is 5.14. The van der Waals surface area contributed by atoms with E-state index in [1.807, 2.05) is 0 Å². The predicted molar refractivity (Wildman–Crippen MR) is 92.6 cm³/mol. The highest BCUT2D eigenvalue weighted by atomic mass is 16.6. The van der Waals surface area contributed by atoms with Crippen molar-refractivity contribution in [1.29, 1.82) is 0 Å². The van der Waals surface area contributed by atoms with Crippen LogP contribution in [0.15, 0.2) is 0 Å². The summed E-state index contributed by atoms with van der Waals surface area (Å²) in [4.78, 5) is 11.2. The maximum atomic E-state index is 11.2. The zero-order chi connectivity index (χ0) is 16.3. The van der Waals surface area contributed by atoms with E-state index in [2.05, 4.69) is 12.2 Å². The molecule has 2 rings (SSSR count). The molecular formula is C19H35NO3. The molecule has 0 aliphatic carbocycles. The lowest BCUT2D eigenvalue weighted by Crippen LogP contribution is -2.32. The molecule has 4 nitrogen and oxygen atoms in total. The van der Waals surface area contributed by atoms with Gasteiger partial charge in [-0.05, 0) is 6.42 Å². The van der Waals surface area contributed by atoms with Gasteiger partial charge in [0.15, 0.2) is 6.10 Å². The second-order valence-corrected chi connectivity index (χ2v) is 7.17. The lowest BCUT2D eigenvalue weighted by Gasteiger charge is -2.15. The average molecular weight is 325 g/mol. The molecular weight excluding hydrogens is 290 g/mol. The Labute approximate surface area is 141 Å². The minimum absolute atomic E-state index is 0.0461. The number of hydrogen-bond acceptors (Lipinski definition) is 3. The van der Waals surface area contributed by atoms with Crippen LogP contribution in [-0.2, 0) is 9.47 Å². The summed E-state index contributed by atoms with van der Waals surface area (Å²) >= 11 is 0. The van der Waals surface area contributed by atoms with Gasteiger partial charge in [0.2, 0.25) is 0 Å². The van der Waals surface area contributed by atoms with Gasteiger partial charge in [-0.1, -0.05) is 84.0 Å². The third kappa shape index (κ3) is 6.70. The van der Waals surface area contributed by atoms with Crippen LogP contribution in [0.3, 0.4) is 0 Å². The van der Waals surface area contributed by atoms with E-state index in [1.165, 1.54) is 77.0 Å². The number of hydrogen-bond donors (Lipinski definition) is 1. The van der Waals surface area contributed by atoms with Crippen LogP contribution in [0.2, 0.25) is 0 Å². The highest BCUT2D eigenvalue weighted by Gasteiger charge is 2.45. The molecule has 2 heterocycles. The number of ether oxygens (including phenoxy) is 2. The van der Waals surface area contributed by atoms with Crippen molar-refractivity contribution in [1.82, 2.24) is 5.32 Å². The highest BCUT2D eigenvalue weighted by molar-refractivity contribution is 5.70. The summed E-state index contributed by atoms with van der Waals surface area (Å²) in [6, 6.07) is 0.0878. The molecule has 0 aromatic carbocycles. The molecule has 2 aliphatic heterocycles. The van der Waals surface area contributed by atoms with Crippen LogP contribution in [-0.4, -0.2) is 30.9 Å². The van der Waals surface area contributed by atoms with Gasteiger partial charge in [0.25, 0.3) is 0 Å². The zero-order valence-electron chi connectivity index (χ0n) is 14.9. The van der Waals surface area contributed by atoms with Gasteiger partial charge in [0.05, 0.1) is 18.8 Å². The van der Waals surface area contributed by atoms with Crippen molar-refractivity contribution in [2.75, 3.05) is 6.61 Å². The van der Waals surface area contributed by atoms with E-state index in [-0.39, 0.29) is 24.3 Å². The summed E-state index contributed by atoms with van der Waals surface area (Å²) in [6.07, 6.45) is 17.2. The van der Waals surface area contributed by atoms with Crippen LogP contribution in [0.25, 0.3) is 0 Å². The molecule has 0 aromatic rings. The molecule has 3 atom stereocenters. The summed E-state index contributed by atoms with van der Waals surface area (Å²) in [5.74, 6) is 0. The first-order valence-corrected chi connectivity index (χ1v) is 9.90. The summed E-state index contributed by atoms with van der Waals surface area (Å²) < 4.78 is 11.0. The number of nitrogens with one attached hydrogen (secondary N) is 1. The van der Waals surface area contributed by atoms with Crippen LogP contribution < -0.4 is 5.32 Å². The molecule has 2 fully saturated rings. The summed E-state index contributed by atoms with van der Waals surface area (Å²) in [5.41, 5.74) is 0. The monoisotopic (exact) mass is 325 g/mol. The van der Waals surface area contributed by atoms with Crippen molar-refractivity contribution in [3.05, 3.63) is 0 Å². The first-order chi connectivity index (χ1) is 11.3. The van der Waals surface area contributed by atoms with Crippen molar-refractivity contribution in [2.45, 2.75) is 109 Å². The Kier molecular flexibility index (Phi) is 8.80. The van der Waals surface area contributed by atoms with Crippen molar-refractivity contribution in [2.24, 2.45) is 0 Å². The maximum absolute atomic E-state index is 11.2. The van der Waals surface area contributed by atoms with Gasteiger partial charge < -0.3 is 14.8 Å². The first kappa shape index (κ1) is 18.6. The number of amides is 1. The van der Waals surface area contributed by atoms with Crippen molar-refractivity contribution in [3.63, 3.8) is 0 Å². The van der Waals surface area contributed by atoms with Crippen LogP contribution >= 0.6 is 0 Å². The smallest absolute Gasteiger partial charge is 0.408 e. The third-order valence-electron chi connectivity index (χ3n) is 5.14. The molecule has 0 bridgehead atoms. The molecule has 1 amide bonds. The van der Waals surface area contributed by atoms with Crippen LogP contribution in [0.5, 0.6) is 0 Å². The lowest BCUT2D eigenvalue weighted by molar-refractivity contribution is 0.0286. The number of carbonyl (C=O) groups excluding carboxylic acids is 1. The minimum Gasteiger partial charge on any atom is -0.441 e. The van der Waals surface area contributed by atoms with Gasteiger partial charge in [-0.25, -0.2) is 4.79 Å². The van der Waals surface area contributed by atoms with Crippen molar-refractivity contribution >= 4 is 6.09 Å². The number of carbonyl (C=O) groups is 1. The fraction of sp³-hybridized carbons (Fsp3) is 0.947. The van der Waals surface area contributed by atoms with E-state index in [4.69, 9.17) is 9.47 Å². The Balaban J connectivity index is 1.35. The zero-order valence-corrected chi connectivity index (χ0v) is 14.9. The second-order valence-electron chi connectivity index (χ2n) is 7.17. The Morgan fingerprint density at radius 1 is 0.913 bits per heavy atom. The fourth-order valence-corrected chi connectivity index (χ4v) is 3.70. The van der Waals surface area contributed by atoms with Gasteiger partial charge in [-0.15, -0.1) is 0 Å². The Morgan fingerprint density at radius 3 is 2.09 bits per heavy atom. The van der Waals surface area contributed by atoms with Crippen LogP contribution in [0, 0.1) is 0 Å². The molecule has 1 N–H and O–H groups in total. The number of unbranched alkanes of at least 4 members (excludes halogenated alkanes) is 11. The number of fused-ring (bicyclic) bond motifs is 1. The van der Waals surface area contributed by atoms with Gasteiger partial charge >= 0.3 is 6.09 Å². The van der Waals surface area contributed by atoms with Gasteiger partial charge in [-0.3, -0.25) is 0 Å². The van der Waals surface area contributed by atoms with Crippen molar-refractivity contribution in [3.8, 4) is 0 Å². The van der Waals surface area contributed by atoms with Gasteiger partial charge in [-0.2, -0.15) is 0 Å². The molecule has 0 aromatic heterocycles. The van der Waals surface area contributed by atoms with E-state index in [0.29, 0.717) is 6.61 Å². The van der Waals surface area contributed by atoms with Gasteiger partial charge in [0.1, 0.15) is 0 Å². The first-order valence-electron chi connectivity index (χ1n) is 9.90. The Morgan fingerprint density at radius 2 is 1.48 bits per heavy atom. The maximum Gasteiger partial charge on any atom is 0.408 e. The summed E-state index contributed by atoms with van der Waals surface area (Å²) in [5, 5.41) is 2.81. The average Bonchev–Trinajstić information content (AvgIpc) is 3.08. The van der Waals surface area contributed by atoms with E-state index in [0.717, 1.165) is 6.42 Å². The molecule has 134 valence electrons. The quantitative estimate of drug-likeness (QED) is 0.487. The molecule has 0 radical (unpaired) electrons. The largest absolute Gasteiger partial charge is 0.441 e. The molecule has 0 spiro atoms.